The van der Waals surface area contributed by atoms with Crippen molar-refractivity contribution in [2.24, 2.45) is 0 Å². The first-order valence-electron chi connectivity index (χ1n) is 13.3. The zero-order valence-corrected chi connectivity index (χ0v) is 26.3. The van der Waals surface area contributed by atoms with Crippen molar-refractivity contribution in [3.05, 3.63) is 46.3 Å². The average Bonchev–Trinajstić information content (AvgIpc) is 3.40. The number of hydrogen-bond donors (Lipinski definition) is 1. The van der Waals surface area contributed by atoms with Gasteiger partial charge in [0.2, 0.25) is 5.91 Å². The molecule has 0 bridgehead atoms. The molecule has 1 unspecified atom stereocenters. The number of carbonyl (C=O) groups is 1. The number of amides is 1. The van der Waals surface area contributed by atoms with Gasteiger partial charge in [-0.15, -0.1) is 11.3 Å². The Kier molecular flexibility index (Phi) is 10.9. The summed E-state index contributed by atoms with van der Waals surface area (Å²) in [7, 11) is -5.09. The Morgan fingerprint density at radius 3 is 2.66 bits per heavy atom. The van der Waals surface area contributed by atoms with Crippen molar-refractivity contribution in [3.63, 3.8) is 0 Å². The zero-order chi connectivity index (χ0) is 29.7. The van der Waals surface area contributed by atoms with Gasteiger partial charge in [0, 0.05) is 61.6 Å². The molecule has 2 fully saturated rings. The van der Waals surface area contributed by atoms with Crippen LogP contribution in [-0.4, -0.2) is 90.4 Å². The van der Waals surface area contributed by atoms with Crippen LogP contribution in [0.1, 0.15) is 37.0 Å². The zero-order valence-electron chi connectivity index (χ0n) is 23.1. The fraction of sp³-hybridized carbons (Fsp3) is 0.577. The minimum atomic E-state index is -4.03. The van der Waals surface area contributed by atoms with E-state index in [1.165, 1.54) is 29.8 Å². The van der Waals surface area contributed by atoms with Gasteiger partial charge >= 0.3 is 0 Å². The molecule has 1 aromatic carbocycles. The van der Waals surface area contributed by atoms with Crippen molar-refractivity contribution in [1.29, 1.82) is 0 Å². The molecule has 2 aromatic rings. The predicted molar refractivity (Wildman–Crippen MR) is 157 cm³/mol. The number of hydroxylamine groups is 1. The Bertz CT molecular complexity index is 1400. The fourth-order valence-corrected chi connectivity index (χ4v) is 10.1. The lowest BCUT2D eigenvalue weighted by molar-refractivity contribution is -0.200. The molecule has 1 amide bonds. The molecule has 15 heteroatoms. The number of nitrogens with zero attached hydrogens (tertiary/aromatic N) is 2. The second kappa shape index (κ2) is 13.8. The van der Waals surface area contributed by atoms with E-state index >= 15 is 0 Å². The molecular formula is C26H36ClN3O8S3. The van der Waals surface area contributed by atoms with E-state index in [4.69, 9.17) is 25.9 Å². The lowest BCUT2D eigenvalue weighted by atomic mass is 9.97. The number of carbonyl (C=O) groups excluding carboxylic acids is 1. The molecule has 3 heterocycles. The van der Waals surface area contributed by atoms with E-state index in [0.717, 1.165) is 27.6 Å². The van der Waals surface area contributed by atoms with E-state index in [1.54, 1.807) is 18.2 Å². The summed E-state index contributed by atoms with van der Waals surface area (Å²) in [5.41, 5.74) is 3.23. The van der Waals surface area contributed by atoms with E-state index in [1.807, 2.05) is 18.2 Å². The quantitative estimate of drug-likeness (QED) is 0.367. The molecule has 4 rings (SSSR count). The van der Waals surface area contributed by atoms with Crippen LogP contribution in [0.2, 0.25) is 5.02 Å². The molecule has 1 N–H and O–H groups in total. The normalized spacial score (nSPS) is 23.8. The third-order valence-corrected chi connectivity index (χ3v) is 13.6. The second-order valence-electron chi connectivity index (χ2n) is 10.1. The number of sulfone groups is 1. The first kappa shape index (κ1) is 32.3. The smallest absolute Gasteiger partial charge is 0.281 e. The van der Waals surface area contributed by atoms with Crippen LogP contribution in [0.5, 0.6) is 0 Å². The van der Waals surface area contributed by atoms with Gasteiger partial charge in [0.05, 0.1) is 18.8 Å². The molecule has 41 heavy (non-hydrogen) atoms. The van der Waals surface area contributed by atoms with Gasteiger partial charge in [-0.25, -0.2) is 18.7 Å². The lowest BCUT2D eigenvalue weighted by Crippen LogP contribution is -2.44. The van der Waals surface area contributed by atoms with E-state index < -0.39 is 49.2 Å². The number of rotatable bonds is 11. The molecule has 2 saturated heterocycles. The van der Waals surface area contributed by atoms with Crippen LogP contribution in [0.3, 0.4) is 0 Å². The third kappa shape index (κ3) is 7.48. The summed E-state index contributed by atoms with van der Waals surface area (Å²) in [5, 5.41) is 0.573. The van der Waals surface area contributed by atoms with Crippen LogP contribution in [0.15, 0.2) is 36.4 Å². The average molecular weight is 650 g/mol. The first-order chi connectivity index (χ1) is 19.5. The number of nitrogens with one attached hydrogen (secondary N) is 1. The van der Waals surface area contributed by atoms with Crippen LogP contribution < -0.4 is 5.48 Å². The van der Waals surface area contributed by atoms with Crippen LogP contribution in [0.25, 0.3) is 10.4 Å². The van der Waals surface area contributed by atoms with Gasteiger partial charge in [-0.1, -0.05) is 23.7 Å². The van der Waals surface area contributed by atoms with Gasteiger partial charge in [-0.2, -0.15) is 17.0 Å². The van der Waals surface area contributed by atoms with Crippen LogP contribution in [-0.2, 0) is 43.9 Å². The van der Waals surface area contributed by atoms with Gasteiger partial charge in [-0.3, -0.25) is 4.79 Å². The van der Waals surface area contributed by atoms with Crippen molar-refractivity contribution in [2.75, 3.05) is 52.8 Å². The molecule has 0 saturated carbocycles. The molecular weight excluding hydrogens is 614 g/mol. The van der Waals surface area contributed by atoms with Gasteiger partial charge in [0.25, 0.3) is 10.2 Å². The molecule has 0 spiro atoms. The Hall–Kier alpha value is -1.62. The molecule has 0 radical (unpaired) electrons. The van der Waals surface area contributed by atoms with Crippen LogP contribution in [0, 0.1) is 0 Å². The number of ether oxygens (including phenoxy) is 2. The second-order valence-corrected chi connectivity index (χ2v) is 16.0. The van der Waals surface area contributed by atoms with E-state index in [2.05, 4.69) is 5.48 Å². The standard InChI is InChI=1S/C26H36ClN3O8S3/c1-29(14-17-36-2)41(34,35)30-13-12-26(40(32,33)18-15-30,19-24(31)28-38-25-5-3-4-16-37-25)23-11-10-22(39-23)20-6-8-21(27)9-7-20/h6-11,25H,3-5,12-19H2,1-2H3,(H,28,31)/t25?,26-/m0/s1. The Morgan fingerprint density at radius 1 is 1.22 bits per heavy atom. The predicted octanol–water partition coefficient (Wildman–Crippen LogP) is 3.17. The van der Waals surface area contributed by atoms with E-state index in [9.17, 15) is 21.6 Å². The summed E-state index contributed by atoms with van der Waals surface area (Å²) in [6.45, 7) is 0.510. The maximum atomic E-state index is 14.1. The third-order valence-electron chi connectivity index (χ3n) is 7.37. The summed E-state index contributed by atoms with van der Waals surface area (Å²) in [5.74, 6) is -1.07. The van der Waals surface area contributed by atoms with Gasteiger partial charge in [0.1, 0.15) is 4.75 Å². The molecule has 0 aliphatic carbocycles. The maximum absolute atomic E-state index is 14.1. The molecule has 1 aromatic heterocycles. The van der Waals surface area contributed by atoms with Crippen LogP contribution in [0.4, 0.5) is 0 Å². The highest BCUT2D eigenvalue weighted by molar-refractivity contribution is 7.92. The minimum absolute atomic E-state index is 0.0903. The molecule has 2 aliphatic rings. The number of halogens is 1. The molecule has 228 valence electrons. The van der Waals surface area contributed by atoms with E-state index in [-0.39, 0.29) is 32.7 Å². The van der Waals surface area contributed by atoms with Crippen molar-refractivity contribution >= 4 is 48.9 Å². The first-order valence-corrected chi connectivity index (χ1v) is 17.6. The Morgan fingerprint density at radius 2 is 1.98 bits per heavy atom. The summed E-state index contributed by atoms with van der Waals surface area (Å²) >= 11 is 7.30. The van der Waals surface area contributed by atoms with Gasteiger partial charge in [-0.05, 0) is 49.1 Å². The van der Waals surface area contributed by atoms with Crippen molar-refractivity contribution in [3.8, 4) is 10.4 Å². The van der Waals surface area contributed by atoms with Crippen molar-refractivity contribution < 1.29 is 35.9 Å². The number of methoxy groups -OCH3 is 1. The van der Waals surface area contributed by atoms with Gasteiger partial charge < -0.3 is 9.47 Å². The largest absolute Gasteiger partial charge is 0.383 e. The summed E-state index contributed by atoms with van der Waals surface area (Å²) in [6, 6.07) is 10.7. The highest BCUT2D eigenvalue weighted by Crippen LogP contribution is 2.45. The number of thiophene rings is 1. The van der Waals surface area contributed by atoms with E-state index in [0.29, 0.717) is 22.9 Å². The fourth-order valence-electron chi connectivity index (χ4n) is 4.90. The molecule has 2 aliphatic heterocycles. The maximum Gasteiger partial charge on any atom is 0.281 e. The van der Waals surface area contributed by atoms with Crippen molar-refractivity contribution in [2.45, 2.75) is 43.1 Å². The number of likely N-dealkylation sites (N-methyl/N-ethyl adjacent to an activating group) is 1. The lowest BCUT2D eigenvalue weighted by Gasteiger charge is -2.31. The molecule has 11 nitrogen and oxygen atoms in total. The molecule has 2 atom stereocenters. The topological polar surface area (TPSA) is 132 Å². The summed E-state index contributed by atoms with van der Waals surface area (Å²) in [4.78, 5) is 19.9. The summed E-state index contributed by atoms with van der Waals surface area (Å²) < 4.78 is 65.9. The number of benzene rings is 1. The Labute approximate surface area is 250 Å². The van der Waals surface area contributed by atoms with Crippen LogP contribution >= 0.6 is 22.9 Å². The van der Waals surface area contributed by atoms with Gasteiger partial charge in [0.15, 0.2) is 16.1 Å². The highest BCUT2D eigenvalue weighted by atomic mass is 35.5. The van der Waals surface area contributed by atoms with Crippen molar-refractivity contribution in [1.82, 2.24) is 14.1 Å². The summed E-state index contributed by atoms with van der Waals surface area (Å²) in [6.07, 6.45) is 1.27. The Balaban J connectivity index is 1.65. The minimum Gasteiger partial charge on any atom is -0.383 e. The highest BCUT2D eigenvalue weighted by Gasteiger charge is 2.51. The monoisotopic (exact) mass is 649 g/mol. The number of hydrogen-bond acceptors (Lipinski definition) is 9. The SMILES string of the molecule is COCCN(C)S(=O)(=O)N1CC[C@](CC(=O)NOC2CCCCO2)(c2ccc(-c3ccc(Cl)cc3)s2)S(=O)(=O)CC1.